The Labute approximate surface area is 191 Å². The van der Waals surface area contributed by atoms with E-state index in [1.165, 1.54) is 5.56 Å². The highest BCUT2D eigenvalue weighted by Crippen LogP contribution is 2.19. The molecule has 2 aromatic rings. The molecule has 0 aliphatic carbocycles. The topological polar surface area (TPSA) is 60.0 Å². The van der Waals surface area contributed by atoms with E-state index >= 15 is 0 Å². The van der Waals surface area contributed by atoms with E-state index in [0.29, 0.717) is 32.2 Å². The summed E-state index contributed by atoms with van der Waals surface area (Å²) in [5.74, 6) is 1.63. The number of nitrogens with zero attached hydrogens (tertiary/aromatic N) is 1. The molecule has 0 radical (unpaired) electrons. The van der Waals surface area contributed by atoms with Crippen LogP contribution in [-0.4, -0.2) is 56.9 Å². The minimum Gasteiger partial charge on any atom is -0.493 e. The van der Waals surface area contributed by atoms with Crippen molar-refractivity contribution in [3.63, 3.8) is 0 Å². The number of hydrogen-bond donors (Lipinski definition) is 1. The average Bonchev–Trinajstić information content (AvgIpc) is 2.80. The van der Waals surface area contributed by atoms with Gasteiger partial charge in [-0.2, -0.15) is 0 Å². The summed E-state index contributed by atoms with van der Waals surface area (Å²) in [7, 11) is 2.15. The molecular weight excluding hydrogens is 404 g/mol. The zero-order chi connectivity index (χ0) is 22.8. The van der Waals surface area contributed by atoms with Gasteiger partial charge in [0.2, 0.25) is 5.91 Å². The van der Waals surface area contributed by atoms with Gasteiger partial charge in [0.15, 0.2) is 0 Å². The first kappa shape index (κ1) is 24.1. The second-order valence-electron chi connectivity index (χ2n) is 8.46. The molecule has 1 aliphatic heterocycles. The standard InChI is InChI=1S/C26H36N2O4/c1-20-7-8-25(21(2)17-20)32-15-11-26(29)27-19-22-5-4-6-24(18-22)31-16-12-28(3)23-9-13-30-14-10-23/h4-8,17-18,23H,9-16,19H2,1-3H3,(H,27,29). The van der Waals surface area contributed by atoms with Crippen LogP contribution in [0.4, 0.5) is 0 Å². The molecule has 0 saturated carbocycles. The molecule has 0 unspecified atom stereocenters. The average molecular weight is 441 g/mol. The summed E-state index contributed by atoms with van der Waals surface area (Å²) in [6.45, 7) is 8.12. The van der Waals surface area contributed by atoms with Crippen LogP contribution in [-0.2, 0) is 16.1 Å². The van der Waals surface area contributed by atoms with Gasteiger partial charge in [-0.1, -0.05) is 29.8 Å². The van der Waals surface area contributed by atoms with Gasteiger partial charge in [0.1, 0.15) is 18.1 Å². The van der Waals surface area contributed by atoms with Crippen molar-refractivity contribution in [2.75, 3.05) is 40.0 Å². The largest absolute Gasteiger partial charge is 0.493 e. The number of ether oxygens (including phenoxy) is 3. The molecule has 174 valence electrons. The number of carbonyl (C=O) groups is 1. The number of benzene rings is 2. The van der Waals surface area contributed by atoms with E-state index in [1.54, 1.807) is 0 Å². The Kier molecular flexibility index (Phi) is 9.38. The number of carbonyl (C=O) groups excluding carboxylic acids is 1. The Morgan fingerprint density at radius 2 is 1.91 bits per heavy atom. The summed E-state index contributed by atoms with van der Waals surface area (Å²) >= 11 is 0. The predicted octanol–water partition coefficient (Wildman–Crippen LogP) is 3.88. The summed E-state index contributed by atoms with van der Waals surface area (Å²) in [5, 5.41) is 2.96. The van der Waals surface area contributed by atoms with E-state index in [9.17, 15) is 4.79 Å². The molecule has 1 N–H and O–H groups in total. The van der Waals surface area contributed by atoms with Crippen LogP contribution in [0, 0.1) is 13.8 Å². The van der Waals surface area contributed by atoms with Gasteiger partial charge < -0.3 is 19.5 Å². The van der Waals surface area contributed by atoms with E-state index in [2.05, 4.69) is 30.3 Å². The van der Waals surface area contributed by atoms with Crippen LogP contribution in [0.1, 0.15) is 36.0 Å². The maximum absolute atomic E-state index is 12.2. The molecule has 6 heteroatoms. The third-order valence-corrected chi connectivity index (χ3v) is 5.83. The van der Waals surface area contributed by atoms with Crippen molar-refractivity contribution >= 4 is 5.91 Å². The van der Waals surface area contributed by atoms with Crippen LogP contribution in [0.2, 0.25) is 0 Å². The van der Waals surface area contributed by atoms with Gasteiger partial charge in [0, 0.05) is 32.3 Å². The van der Waals surface area contributed by atoms with Gasteiger partial charge in [0.05, 0.1) is 13.0 Å². The van der Waals surface area contributed by atoms with Crippen LogP contribution in [0.3, 0.4) is 0 Å². The molecule has 0 aromatic heterocycles. The van der Waals surface area contributed by atoms with Crippen molar-refractivity contribution in [2.45, 2.75) is 45.7 Å². The fourth-order valence-corrected chi connectivity index (χ4v) is 3.87. The highest BCUT2D eigenvalue weighted by atomic mass is 16.5. The van der Waals surface area contributed by atoms with Crippen molar-refractivity contribution in [2.24, 2.45) is 0 Å². The lowest BCUT2D eigenvalue weighted by atomic mass is 10.1. The molecule has 0 atom stereocenters. The lowest BCUT2D eigenvalue weighted by Gasteiger charge is -2.31. The maximum Gasteiger partial charge on any atom is 0.223 e. The number of rotatable bonds is 11. The zero-order valence-corrected chi connectivity index (χ0v) is 19.6. The molecule has 3 rings (SSSR count). The molecular formula is C26H36N2O4. The Hall–Kier alpha value is -2.57. The number of nitrogens with one attached hydrogen (secondary N) is 1. The van der Waals surface area contributed by atoms with Crippen molar-refractivity contribution in [1.82, 2.24) is 10.2 Å². The monoisotopic (exact) mass is 440 g/mol. The molecule has 0 bridgehead atoms. The zero-order valence-electron chi connectivity index (χ0n) is 19.6. The van der Waals surface area contributed by atoms with Gasteiger partial charge >= 0.3 is 0 Å². The molecule has 1 fully saturated rings. The summed E-state index contributed by atoms with van der Waals surface area (Å²) in [6, 6.07) is 14.5. The smallest absolute Gasteiger partial charge is 0.223 e. The fraction of sp³-hybridized carbons (Fsp3) is 0.500. The van der Waals surface area contributed by atoms with Crippen LogP contribution in [0.15, 0.2) is 42.5 Å². The van der Waals surface area contributed by atoms with Crippen molar-refractivity contribution in [1.29, 1.82) is 0 Å². The fourth-order valence-electron chi connectivity index (χ4n) is 3.87. The molecule has 1 amide bonds. The summed E-state index contributed by atoms with van der Waals surface area (Å²) in [5.41, 5.74) is 3.30. The van der Waals surface area contributed by atoms with Gasteiger partial charge in [-0.05, 0) is 63.1 Å². The first-order valence-electron chi connectivity index (χ1n) is 11.5. The molecule has 6 nitrogen and oxygen atoms in total. The number of hydrogen-bond acceptors (Lipinski definition) is 5. The number of likely N-dealkylation sites (N-methyl/N-ethyl adjacent to an activating group) is 1. The SMILES string of the molecule is Cc1ccc(OCCC(=O)NCc2cccc(OCCN(C)C3CCOCC3)c2)c(C)c1. The molecule has 1 heterocycles. The number of aryl methyl sites for hydroxylation is 2. The quantitative estimate of drug-likeness (QED) is 0.575. The van der Waals surface area contributed by atoms with Crippen LogP contribution >= 0.6 is 0 Å². The van der Waals surface area contributed by atoms with Crippen molar-refractivity contribution in [3.8, 4) is 11.5 Å². The van der Waals surface area contributed by atoms with E-state index < -0.39 is 0 Å². The maximum atomic E-state index is 12.2. The molecule has 2 aromatic carbocycles. The second-order valence-corrected chi connectivity index (χ2v) is 8.46. The molecule has 0 spiro atoms. The first-order chi connectivity index (χ1) is 15.5. The predicted molar refractivity (Wildman–Crippen MR) is 126 cm³/mol. The Bertz CT molecular complexity index is 865. The third kappa shape index (κ3) is 7.84. The van der Waals surface area contributed by atoms with E-state index in [-0.39, 0.29) is 5.91 Å². The van der Waals surface area contributed by atoms with E-state index in [0.717, 1.165) is 55.2 Å². The first-order valence-corrected chi connectivity index (χ1v) is 11.5. The van der Waals surface area contributed by atoms with Gasteiger partial charge in [-0.25, -0.2) is 0 Å². The Balaban J connectivity index is 1.35. The summed E-state index contributed by atoms with van der Waals surface area (Å²) in [4.78, 5) is 14.5. The third-order valence-electron chi connectivity index (χ3n) is 5.83. The summed E-state index contributed by atoms with van der Waals surface area (Å²) in [6.07, 6.45) is 2.49. The highest BCUT2D eigenvalue weighted by molar-refractivity contribution is 5.76. The minimum absolute atomic E-state index is 0.0285. The van der Waals surface area contributed by atoms with Crippen molar-refractivity contribution < 1.29 is 19.0 Å². The lowest BCUT2D eigenvalue weighted by molar-refractivity contribution is -0.121. The normalized spacial score (nSPS) is 14.4. The van der Waals surface area contributed by atoms with Gasteiger partial charge in [-0.15, -0.1) is 0 Å². The second kappa shape index (κ2) is 12.5. The van der Waals surface area contributed by atoms with E-state index in [4.69, 9.17) is 14.2 Å². The molecule has 1 saturated heterocycles. The molecule has 1 aliphatic rings. The van der Waals surface area contributed by atoms with Crippen LogP contribution in [0.25, 0.3) is 0 Å². The van der Waals surface area contributed by atoms with Gasteiger partial charge in [0.25, 0.3) is 0 Å². The Morgan fingerprint density at radius 3 is 2.69 bits per heavy atom. The minimum atomic E-state index is -0.0285. The lowest BCUT2D eigenvalue weighted by Crippen LogP contribution is -2.38. The van der Waals surface area contributed by atoms with Gasteiger partial charge in [-0.3, -0.25) is 9.69 Å². The highest BCUT2D eigenvalue weighted by Gasteiger charge is 2.18. The summed E-state index contributed by atoms with van der Waals surface area (Å²) < 4.78 is 17.1. The Morgan fingerprint density at radius 1 is 1.09 bits per heavy atom. The van der Waals surface area contributed by atoms with E-state index in [1.807, 2.05) is 43.3 Å². The van der Waals surface area contributed by atoms with Crippen molar-refractivity contribution in [3.05, 3.63) is 59.2 Å². The molecule has 32 heavy (non-hydrogen) atoms. The number of amides is 1. The van der Waals surface area contributed by atoms with Crippen LogP contribution in [0.5, 0.6) is 11.5 Å². The van der Waals surface area contributed by atoms with Crippen LogP contribution < -0.4 is 14.8 Å².